The number of pyridine rings is 1. The first-order chi connectivity index (χ1) is 17.7. The van der Waals surface area contributed by atoms with E-state index < -0.39 is 10.0 Å². The summed E-state index contributed by atoms with van der Waals surface area (Å²) in [6, 6.07) is 15.9. The molecule has 0 unspecified atom stereocenters. The van der Waals surface area contributed by atoms with E-state index in [-0.39, 0.29) is 17.3 Å². The largest absolute Gasteiger partial charge is 0.278 e. The number of anilines is 1. The van der Waals surface area contributed by atoms with Crippen molar-refractivity contribution in [2.45, 2.75) is 52.0 Å². The normalized spacial score (nSPS) is 11.8. The lowest BCUT2D eigenvalue weighted by Crippen LogP contribution is -2.33. The van der Waals surface area contributed by atoms with Crippen LogP contribution in [0.25, 0.3) is 10.2 Å². The highest BCUT2D eigenvalue weighted by molar-refractivity contribution is 7.89. The molecule has 4 aromatic rings. The van der Waals surface area contributed by atoms with Gasteiger partial charge in [0.2, 0.25) is 10.0 Å². The van der Waals surface area contributed by atoms with Crippen molar-refractivity contribution in [2.24, 2.45) is 0 Å². The molecule has 37 heavy (non-hydrogen) atoms. The molecule has 0 bridgehead atoms. The topological polar surface area (TPSA) is 83.5 Å². The molecule has 0 radical (unpaired) electrons. The molecule has 0 fully saturated rings. The number of carbonyl (C=O) groups is 1. The van der Waals surface area contributed by atoms with Crippen LogP contribution >= 0.6 is 11.3 Å². The van der Waals surface area contributed by atoms with Gasteiger partial charge in [-0.2, -0.15) is 4.31 Å². The summed E-state index contributed by atoms with van der Waals surface area (Å²) in [5.74, 6) is -0.262. The first-order valence-corrected chi connectivity index (χ1v) is 14.7. The molecule has 9 heteroatoms. The van der Waals surface area contributed by atoms with Gasteiger partial charge in [-0.1, -0.05) is 37.3 Å². The van der Waals surface area contributed by atoms with E-state index in [1.165, 1.54) is 27.8 Å². The van der Waals surface area contributed by atoms with Crippen molar-refractivity contribution in [2.75, 3.05) is 18.0 Å². The third-order valence-electron chi connectivity index (χ3n) is 6.03. The zero-order chi connectivity index (χ0) is 26.6. The van der Waals surface area contributed by atoms with Gasteiger partial charge in [0.05, 0.1) is 27.4 Å². The highest BCUT2D eigenvalue weighted by atomic mass is 32.2. The van der Waals surface area contributed by atoms with E-state index in [1.54, 1.807) is 23.2 Å². The third-order valence-corrected chi connectivity index (χ3v) is 8.96. The summed E-state index contributed by atoms with van der Waals surface area (Å²) in [6.45, 7) is 9.15. The molecule has 2 heterocycles. The number of fused-ring (bicyclic) bond motifs is 1. The van der Waals surface area contributed by atoms with Crippen LogP contribution in [0.1, 0.15) is 53.9 Å². The van der Waals surface area contributed by atoms with Gasteiger partial charge in [0.1, 0.15) is 0 Å². The molecule has 0 aliphatic heterocycles. The van der Waals surface area contributed by atoms with Crippen LogP contribution in [0, 0.1) is 13.8 Å². The van der Waals surface area contributed by atoms with E-state index in [9.17, 15) is 13.2 Å². The average Bonchev–Trinajstić information content (AvgIpc) is 3.31. The summed E-state index contributed by atoms with van der Waals surface area (Å²) < 4.78 is 28.8. The number of sulfonamides is 1. The minimum Gasteiger partial charge on any atom is -0.278 e. The summed E-state index contributed by atoms with van der Waals surface area (Å²) >= 11 is 1.46. The molecule has 7 nitrogen and oxygen atoms in total. The fourth-order valence-electron chi connectivity index (χ4n) is 4.28. The van der Waals surface area contributed by atoms with Crippen LogP contribution in [0.2, 0.25) is 0 Å². The van der Waals surface area contributed by atoms with Crippen molar-refractivity contribution < 1.29 is 13.2 Å². The molecular formula is C28H32N4O3S2. The molecule has 0 spiro atoms. The number of aryl methyl sites for hydroxylation is 2. The van der Waals surface area contributed by atoms with Crippen molar-refractivity contribution in [3.63, 3.8) is 0 Å². The molecule has 2 aromatic carbocycles. The number of hydrogen-bond donors (Lipinski definition) is 0. The quantitative estimate of drug-likeness (QED) is 0.249. The van der Waals surface area contributed by atoms with Crippen LogP contribution in [0.3, 0.4) is 0 Å². The van der Waals surface area contributed by atoms with Crippen molar-refractivity contribution in [3.05, 3.63) is 83.2 Å². The number of benzene rings is 2. The number of nitrogens with zero attached hydrogens (tertiary/aromatic N) is 4. The van der Waals surface area contributed by atoms with Crippen molar-refractivity contribution >= 4 is 42.6 Å². The van der Waals surface area contributed by atoms with E-state index in [2.05, 4.69) is 17.1 Å². The minimum absolute atomic E-state index is 0.188. The summed E-state index contributed by atoms with van der Waals surface area (Å²) in [5.41, 5.74) is 4.19. The Balaban J connectivity index is 1.70. The predicted octanol–water partition coefficient (Wildman–Crippen LogP) is 5.97. The Morgan fingerprint density at radius 2 is 1.68 bits per heavy atom. The Hall–Kier alpha value is -3.14. The molecule has 194 valence electrons. The molecule has 4 rings (SSSR count). The van der Waals surface area contributed by atoms with Gasteiger partial charge in [0.25, 0.3) is 5.91 Å². The predicted molar refractivity (Wildman–Crippen MR) is 150 cm³/mol. The lowest BCUT2D eigenvalue weighted by molar-refractivity contribution is 0.0984. The van der Waals surface area contributed by atoms with Gasteiger partial charge in [-0.3, -0.25) is 14.7 Å². The maximum atomic E-state index is 13.8. The SMILES string of the molecule is CCCN(CCC)S(=O)(=O)c1ccc(C(=O)N(Cc2ccccn2)c2nc3c(C)cc(C)cc3s2)cc1. The molecule has 2 aromatic heterocycles. The zero-order valence-corrected chi connectivity index (χ0v) is 23.3. The number of amides is 1. The molecule has 0 saturated carbocycles. The van der Waals surface area contributed by atoms with Crippen LogP contribution in [0.4, 0.5) is 5.13 Å². The first kappa shape index (κ1) is 26.9. The Morgan fingerprint density at radius 1 is 0.973 bits per heavy atom. The first-order valence-electron chi connectivity index (χ1n) is 12.4. The standard InChI is InChI=1S/C28H32N4O3S2/c1-5-15-31(16-6-2)37(34,35)24-12-10-22(11-13-24)27(33)32(19-23-9-7-8-14-29-23)28-30-26-21(4)17-20(3)18-25(26)36-28/h7-14,17-18H,5-6,15-16,19H2,1-4H3. The van der Waals surface area contributed by atoms with E-state index >= 15 is 0 Å². The van der Waals surface area contributed by atoms with E-state index in [0.717, 1.165) is 39.9 Å². The average molecular weight is 537 g/mol. The summed E-state index contributed by atoms with van der Waals surface area (Å²) in [7, 11) is -3.63. The number of carbonyl (C=O) groups excluding carboxylic acids is 1. The van der Waals surface area contributed by atoms with Crippen molar-refractivity contribution in [3.8, 4) is 0 Å². The lowest BCUT2D eigenvalue weighted by Gasteiger charge is -2.22. The second-order valence-electron chi connectivity index (χ2n) is 9.07. The minimum atomic E-state index is -3.63. The monoisotopic (exact) mass is 536 g/mol. The maximum Gasteiger partial charge on any atom is 0.260 e. The second kappa shape index (κ2) is 11.5. The molecule has 0 aliphatic rings. The van der Waals surface area contributed by atoms with E-state index in [4.69, 9.17) is 4.98 Å². The number of thiazole rings is 1. The highest BCUT2D eigenvalue weighted by Gasteiger charge is 2.26. The molecule has 0 aliphatic carbocycles. The highest BCUT2D eigenvalue weighted by Crippen LogP contribution is 2.33. The van der Waals surface area contributed by atoms with Crippen LogP contribution in [0.15, 0.2) is 65.7 Å². The Bertz CT molecular complexity index is 1480. The van der Waals surface area contributed by atoms with Gasteiger partial charge in [-0.25, -0.2) is 13.4 Å². The molecule has 1 amide bonds. The number of aromatic nitrogens is 2. The van der Waals surface area contributed by atoms with Crippen LogP contribution in [-0.2, 0) is 16.6 Å². The Morgan fingerprint density at radius 3 is 2.30 bits per heavy atom. The molecule has 0 N–H and O–H groups in total. The van der Waals surface area contributed by atoms with Gasteiger partial charge >= 0.3 is 0 Å². The maximum absolute atomic E-state index is 13.8. The van der Waals surface area contributed by atoms with E-state index in [0.29, 0.717) is 23.8 Å². The fraction of sp³-hybridized carbons (Fsp3) is 0.321. The summed E-state index contributed by atoms with van der Waals surface area (Å²) in [4.78, 5) is 24.8. The van der Waals surface area contributed by atoms with Gasteiger partial charge in [-0.15, -0.1) is 0 Å². The lowest BCUT2D eigenvalue weighted by atomic mass is 10.1. The molecule has 0 saturated heterocycles. The fourth-order valence-corrected chi connectivity index (χ4v) is 7.04. The smallest absolute Gasteiger partial charge is 0.260 e. The van der Waals surface area contributed by atoms with Gasteiger partial charge in [0, 0.05) is 24.8 Å². The van der Waals surface area contributed by atoms with Gasteiger partial charge in [0.15, 0.2) is 5.13 Å². The second-order valence-corrected chi connectivity index (χ2v) is 12.0. The van der Waals surface area contributed by atoms with Gasteiger partial charge in [-0.05, 0) is 80.3 Å². The Labute approximate surface area is 222 Å². The van der Waals surface area contributed by atoms with Crippen LogP contribution < -0.4 is 4.90 Å². The summed E-state index contributed by atoms with van der Waals surface area (Å²) in [5, 5.41) is 0.577. The van der Waals surface area contributed by atoms with Crippen LogP contribution in [0.5, 0.6) is 0 Å². The van der Waals surface area contributed by atoms with Crippen LogP contribution in [-0.4, -0.2) is 41.7 Å². The molecular weight excluding hydrogens is 504 g/mol. The van der Waals surface area contributed by atoms with Crippen molar-refractivity contribution in [1.82, 2.24) is 14.3 Å². The Kier molecular flexibility index (Phi) is 8.36. The molecule has 0 atom stereocenters. The zero-order valence-electron chi connectivity index (χ0n) is 21.6. The van der Waals surface area contributed by atoms with Crippen molar-refractivity contribution in [1.29, 1.82) is 0 Å². The number of hydrogen-bond acceptors (Lipinski definition) is 6. The number of rotatable bonds is 10. The summed E-state index contributed by atoms with van der Waals surface area (Å²) in [6.07, 6.45) is 3.17. The van der Waals surface area contributed by atoms with E-state index in [1.807, 2.05) is 45.9 Å². The van der Waals surface area contributed by atoms with Gasteiger partial charge < -0.3 is 0 Å². The third kappa shape index (κ3) is 5.89.